The van der Waals surface area contributed by atoms with Crippen LogP contribution in [0, 0.1) is 0 Å². The summed E-state index contributed by atoms with van der Waals surface area (Å²) in [5, 5.41) is 0. The molecule has 4 heteroatoms. The van der Waals surface area contributed by atoms with Crippen molar-refractivity contribution >= 4 is 12.4 Å². The number of allylic oxidation sites excluding steroid dienone is 2. The van der Waals surface area contributed by atoms with Gasteiger partial charge in [0.25, 0.3) is 6.47 Å². The van der Waals surface area contributed by atoms with Gasteiger partial charge in [-0.05, 0) is 32.1 Å². The van der Waals surface area contributed by atoms with Crippen LogP contribution in [0.5, 0.6) is 0 Å². The third-order valence-electron chi connectivity index (χ3n) is 4.00. The Bertz CT molecular complexity index is 313. The van der Waals surface area contributed by atoms with E-state index in [4.69, 9.17) is 4.74 Å². The Labute approximate surface area is 148 Å². The maximum Gasteiger partial charge on any atom is 0.308 e. The molecule has 140 valence electrons. The van der Waals surface area contributed by atoms with Gasteiger partial charge in [0.2, 0.25) is 6.79 Å². The van der Waals surface area contributed by atoms with Crippen molar-refractivity contribution < 1.29 is 19.1 Å². The summed E-state index contributed by atoms with van der Waals surface area (Å²) in [6.45, 7) is 2.26. The van der Waals surface area contributed by atoms with Crippen LogP contribution in [-0.4, -0.2) is 19.2 Å². The van der Waals surface area contributed by atoms with E-state index in [1.807, 2.05) is 0 Å². The second kappa shape index (κ2) is 19.7. The second-order valence-corrected chi connectivity index (χ2v) is 6.23. The first-order valence-corrected chi connectivity index (χ1v) is 9.67. The topological polar surface area (TPSA) is 52.6 Å². The standard InChI is InChI=1S/C20H36O4/c1-2-3-4-5-6-7-8-9-10-11-12-13-14-15-16-17-20(22)24-19-23-18-21/h9-10,18H,2-8,11-17,19H2,1H3/b10-9-. The molecule has 0 saturated carbocycles. The Morgan fingerprint density at radius 3 is 1.92 bits per heavy atom. The highest BCUT2D eigenvalue weighted by atomic mass is 16.7. The fourth-order valence-electron chi connectivity index (χ4n) is 2.54. The molecule has 0 heterocycles. The number of esters is 1. The molecular formula is C20H36O4. The van der Waals surface area contributed by atoms with E-state index in [0.717, 1.165) is 19.3 Å². The lowest BCUT2D eigenvalue weighted by Gasteiger charge is -2.03. The van der Waals surface area contributed by atoms with Gasteiger partial charge < -0.3 is 9.47 Å². The molecule has 0 fully saturated rings. The van der Waals surface area contributed by atoms with Gasteiger partial charge in [0.15, 0.2) is 0 Å². The van der Waals surface area contributed by atoms with Gasteiger partial charge in [0.05, 0.1) is 0 Å². The molecule has 0 radical (unpaired) electrons. The summed E-state index contributed by atoms with van der Waals surface area (Å²) >= 11 is 0. The van der Waals surface area contributed by atoms with E-state index in [1.165, 1.54) is 64.2 Å². The SMILES string of the molecule is CCCCCCCC/C=C\CCCCCCCC(=O)OCOC=O. The molecule has 4 nitrogen and oxygen atoms in total. The summed E-state index contributed by atoms with van der Waals surface area (Å²) in [5.74, 6) is -0.297. The Balaban J connectivity index is 3.17. The normalized spacial score (nSPS) is 10.9. The minimum atomic E-state index is -0.297. The first kappa shape index (κ1) is 22.7. The molecule has 0 bridgehead atoms. The van der Waals surface area contributed by atoms with Gasteiger partial charge in [-0.15, -0.1) is 0 Å². The smallest absolute Gasteiger partial charge is 0.308 e. The van der Waals surface area contributed by atoms with Crippen LogP contribution in [0.2, 0.25) is 0 Å². The summed E-state index contributed by atoms with van der Waals surface area (Å²) in [6, 6.07) is 0. The van der Waals surface area contributed by atoms with Gasteiger partial charge in [-0.1, -0.05) is 70.4 Å². The van der Waals surface area contributed by atoms with Gasteiger partial charge in [0, 0.05) is 6.42 Å². The van der Waals surface area contributed by atoms with Gasteiger partial charge in [-0.25, -0.2) is 0 Å². The van der Waals surface area contributed by atoms with Crippen molar-refractivity contribution in [2.75, 3.05) is 6.79 Å². The van der Waals surface area contributed by atoms with Crippen LogP contribution < -0.4 is 0 Å². The summed E-state index contributed by atoms with van der Waals surface area (Å²) in [5.41, 5.74) is 0. The molecule has 0 amide bonds. The maximum atomic E-state index is 11.2. The summed E-state index contributed by atoms with van der Waals surface area (Å²) in [4.78, 5) is 21.1. The monoisotopic (exact) mass is 340 g/mol. The molecule has 0 saturated heterocycles. The first-order chi connectivity index (χ1) is 11.8. The van der Waals surface area contributed by atoms with Gasteiger partial charge in [-0.3, -0.25) is 9.59 Å². The zero-order chi connectivity index (χ0) is 17.7. The molecule has 0 aromatic carbocycles. The van der Waals surface area contributed by atoms with Crippen LogP contribution in [0.3, 0.4) is 0 Å². The number of unbranched alkanes of at least 4 members (excludes halogenated alkanes) is 11. The molecule has 0 rings (SSSR count). The van der Waals surface area contributed by atoms with Gasteiger partial charge in [0.1, 0.15) is 0 Å². The van der Waals surface area contributed by atoms with E-state index in [9.17, 15) is 9.59 Å². The van der Waals surface area contributed by atoms with Crippen LogP contribution in [0.1, 0.15) is 96.8 Å². The number of rotatable bonds is 18. The lowest BCUT2D eigenvalue weighted by Crippen LogP contribution is -2.07. The molecule has 0 atom stereocenters. The number of ether oxygens (including phenoxy) is 2. The molecule has 0 aromatic rings. The fraction of sp³-hybridized carbons (Fsp3) is 0.800. The summed E-state index contributed by atoms with van der Waals surface area (Å²) in [7, 11) is 0. The lowest BCUT2D eigenvalue weighted by atomic mass is 10.1. The van der Waals surface area contributed by atoms with Crippen molar-refractivity contribution in [3.05, 3.63) is 12.2 Å². The van der Waals surface area contributed by atoms with Crippen LogP contribution in [-0.2, 0) is 19.1 Å². The summed E-state index contributed by atoms with van der Waals surface area (Å²) in [6.07, 6.45) is 21.1. The highest BCUT2D eigenvalue weighted by Crippen LogP contribution is 2.10. The Morgan fingerprint density at radius 2 is 1.33 bits per heavy atom. The number of carbonyl (C=O) groups excluding carboxylic acids is 2. The fourth-order valence-corrected chi connectivity index (χ4v) is 2.54. The zero-order valence-electron chi connectivity index (χ0n) is 15.5. The van der Waals surface area contributed by atoms with Crippen molar-refractivity contribution in [2.24, 2.45) is 0 Å². The largest absolute Gasteiger partial charge is 0.430 e. The summed E-state index contributed by atoms with van der Waals surface area (Å²) < 4.78 is 9.00. The third-order valence-corrected chi connectivity index (χ3v) is 4.00. The average molecular weight is 341 g/mol. The first-order valence-electron chi connectivity index (χ1n) is 9.67. The van der Waals surface area contributed by atoms with Crippen LogP contribution in [0.15, 0.2) is 12.2 Å². The quantitative estimate of drug-likeness (QED) is 0.106. The number of hydrogen-bond donors (Lipinski definition) is 0. The van der Waals surface area contributed by atoms with Crippen molar-refractivity contribution in [3.63, 3.8) is 0 Å². The molecule has 0 N–H and O–H groups in total. The van der Waals surface area contributed by atoms with E-state index >= 15 is 0 Å². The Hall–Kier alpha value is -1.32. The van der Waals surface area contributed by atoms with E-state index in [0.29, 0.717) is 6.42 Å². The molecule has 24 heavy (non-hydrogen) atoms. The predicted molar refractivity (Wildman–Crippen MR) is 97.6 cm³/mol. The van der Waals surface area contributed by atoms with Crippen molar-refractivity contribution in [1.82, 2.24) is 0 Å². The van der Waals surface area contributed by atoms with E-state index in [-0.39, 0.29) is 19.2 Å². The minimum Gasteiger partial charge on any atom is -0.430 e. The van der Waals surface area contributed by atoms with E-state index in [2.05, 4.69) is 23.8 Å². The highest BCUT2D eigenvalue weighted by Gasteiger charge is 2.01. The lowest BCUT2D eigenvalue weighted by molar-refractivity contribution is -0.160. The van der Waals surface area contributed by atoms with Gasteiger partial charge >= 0.3 is 5.97 Å². The van der Waals surface area contributed by atoms with E-state index in [1.54, 1.807) is 0 Å². The molecule has 0 aromatic heterocycles. The number of hydrogen-bond acceptors (Lipinski definition) is 4. The number of carbonyl (C=O) groups is 2. The molecule has 0 aliphatic heterocycles. The van der Waals surface area contributed by atoms with Crippen molar-refractivity contribution in [2.45, 2.75) is 96.8 Å². The maximum absolute atomic E-state index is 11.2. The molecule has 0 aliphatic rings. The zero-order valence-corrected chi connectivity index (χ0v) is 15.5. The van der Waals surface area contributed by atoms with Crippen LogP contribution >= 0.6 is 0 Å². The van der Waals surface area contributed by atoms with Crippen molar-refractivity contribution in [1.29, 1.82) is 0 Å². The Morgan fingerprint density at radius 1 is 0.792 bits per heavy atom. The highest BCUT2D eigenvalue weighted by molar-refractivity contribution is 5.69. The molecular weight excluding hydrogens is 304 g/mol. The van der Waals surface area contributed by atoms with Crippen LogP contribution in [0.4, 0.5) is 0 Å². The second-order valence-electron chi connectivity index (χ2n) is 6.23. The average Bonchev–Trinajstić information content (AvgIpc) is 2.58. The molecule has 0 spiro atoms. The third kappa shape index (κ3) is 18.7. The molecule has 0 unspecified atom stereocenters. The minimum absolute atomic E-state index is 0.270. The predicted octanol–water partition coefficient (Wildman–Crippen LogP) is 5.70. The van der Waals surface area contributed by atoms with Crippen molar-refractivity contribution in [3.8, 4) is 0 Å². The molecule has 0 aliphatic carbocycles. The van der Waals surface area contributed by atoms with Gasteiger partial charge in [-0.2, -0.15) is 0 Å². The van der Waals surface area contributed by atoms with Crippen LogP contribution in [0.25, 0.3) is 0 Å². The van der Waals surface area contributed by atoms with E-state index < -0.39 is 0 Å². The Kier molecular flexibility index (Phi) is 18.6.